The lowest BCUT2D eigenvalue weighted by molar-refractivity contribution is -0.132. The fourth-order valence-electron chi connectivity index (χ4n) is 4.92. The summed E-state index contributed by atoms with van der Waals surface area (Å²) in [5, 5.41) is 1.10. The normalized spacial score (nSPS) is 13.4. The molecule has 36 heavy (non-hydrogen) atoms. The van der Waals surface area contributed by atoms with Crippen molar-refractivity contribution in [3.63, 3.8) is 0 Å². The predicted octanol–water partition coefficient (Wildman–Crippen LogP) is 5.18. The van der Waals surface area contributed by atoms with Gasteiger partial charge in [0.05, 0.1) is 11.1 Å². The molecule has 0 fully saturated rings. The lowest BCUT2D eigenvalue weighted by Gasteiger charge is -2.22. The smallest absolute Gasteiger partial charge is 0.337 e. The number of aryl methyl sites for hydroxylation is 2. The van der Waals surface area contributed by atoms with Crippen LogP contribution in [0.25, 0.3) is 15.9 Å². The average Bonchev–Trinajstić information content (AvgIpc) is 3.09. The molecule has 0 bridgehead atoms. The molecular formula is C28H28ClN3O3S. The third-order valence-electron chi connectivity index (χ3n) is 6.82. The molecule has 0 saturated carbocycles. The van der Waals surface area contributed by atoms with Crippen LogP contribution in [0, 0.1) is 0 Å². The number of thiophene rings is 1. The highest BCUT2D eigenvalue weighted by Crippen LogP contribution is 2.33. The van der Waals surface area contributed by atoms with Gasteiger partial charge in [0.25, 0.3) is 5.56 Å². The maximum Gasteiger partial charge on any atom is 0.337 e. The Labute approximate surface area is 218 Å². The molecule has 0 radical (unpaired) electrons. The Morgan fingerprint density at radius 2 is 1.72 bits per heavy atom. The topological polar surface area (TPSA) is 64.3 Å². The maximum absolute atomic E-state index is 13.8. The lowest BCUT2D eigenvalue weighted by atomic mass is 10.1. The Hall–Kier alpha value is -3.16. The first kappa shape index (κ1) is 24.5. The number of likely N-dealkylation sites (N-methyl/N-ethyl adjacent to an activating group) is 1. The van der Waals surface area contributed by atoms with E-state index in [-0.39, 0.29) is 18.0 Å². The zero-order valence-corrected chi connectivity index (χ0v) is 21.8. The van der Waals surface area contributed by atoms with Crippen LogP contribution < -0.4 is 11.2 Å². The van der Waals surface area contributed by atoms with E-state index in [0.717, 1.165) is 48.1 Å². The number of rotatable bonds is 6. The van der Waals surface area contributed by atoms with Crippen molar-refractivity contribution in [1.29, 1.82) is 0 Å². The standard InChI is InChI=1S/C28H28ClN3O3S/c1-2-30(17-19-9-5-3-6-10-19)24(33)18-31-27-25(22-11-7-4-8-12-23(22)36-27)26(34)32(28(31)35)21-15-13-20(29)14-16-21/h3,5-6,9-10,13-16H,2,4,7-8,11-12,17-18H2,1H3. The van der Waals surface area contributed by atoms with Crippen LogP contribution >= 0.6 is 22.9 Å². The third kappa shape index (κ3) is 4.65. The van der Waals surface area contributed by atoms with Gasteiger partial charge in [-0.1, -0.05) is 48.4 Å². The van der Waals surface area contributed by atoms with Gasteiger partial charge in [0.1, 0.15) is 11.4 Å². The van der Waals surface area contributed by atoms with Crippen molar-refractivity contribution in [3.05, 3.63) is 96.5 Å². The number of carbonyl (C=O) groups excluding carboxylic acids is 1. The highest BCUT2D eigenvalue weighted by molar-refractivity contribution is 7.18. The van der Waals surface area contributed by atoms with Gasteiger partial charge < -0.3 is 4.90 Å². The molecule has 6 nitrogen and oxygen atoms in total. The molecule has 0 atom stereocenters. The number of carbonyl (C=O) groups is 1. The summed E-state index contributed by atoms with van der Waals surface area (Å²) in [6, 6.07) is 16.5. The van der Waals surface area contributed by atoms with E-state index >= 15 is 0 Å². The summed E-state index contributed by atoms with van der Waals surface area (Å²) in [5.41, 5.74) is 1.69. The van der Waals surface area contributed by atoms with E-state index in [1.54, 1.807) is 29.2 Å². The zero-order chi connectivity index (χ0) is 25.2. The molecule has 8 heteroatoms. The molecule has 0 aliphatic heterocycles. The molecule has 0 N–H and O–H groups in total. The van der Waals surface area contributed by atoms with Crippen LogP contribution in [0.1, 0.15) is 42.2 Å². The summed E-state index contributed by atoms with van der Waals surface area (Å²) in [4.78, 5) is 44.6. The summed E-state index contributed by atoms with van der Waals surface area (Å²) < 4.78 is 2.69. The number of halogens is 1. The lowest BCUT2D eigenvalue weighted by Crippen LogP contribution is -2.42. The van der Waals surface area contributed by atoms with Crippen LogP contribution in [-0.4, -0.2) is 26.5 Å². The van der Waals surface area contributed by atoms with Gasteiger partial charge in [-0.05, 0) is 68.0 Å². The van der Waals surface area contributed by atoms with Crippen molar-refractivity contribution in [2.75, 3.05) is 6.54 Å². The van der Waals surface area contributed by atoms with Crippen LogP contribution in [0.5, 0.6) is 0 Å². The van der Waals surface area contributed by atoms with Gasteiger partial charge in [0.15, 0.2) is 0 Å². The van der Waals surface area contributed by atoms with Gasteiger partial charge in [-0.2, -0.15) is 0 Å². The second-order valence-electron chi connectivity index (χ2n) is 9.12. The van der Waals surface area contributed by atoms with E-state index in [2.05, 4.69) is 0 Å². The third-order valence-corrected chi connectivity index (χ3v) is 8.38. The Balaban J connectivity index is 1.65. The molecule has 0 unspecified atom stereocenters. The fraction of sp³-hybridized carbons (Fsp3) is 0.321. The van der Waals surface area contributed by atoms with E-state index < -0.39 is 5.69 Å². The molecule has 2 heterocycles. The Morgan fingerprint density at radius 3 is 2.44 bits per heavy atom. The zero-order valence-electron chi connectivity index (χ0n) is 20.2. The highest BCUT2D eigenvalue weighted by Gasteiger charge is 2.25. The number of benzene rings is 2. The summed E-state index contributed by atoms with van der Waals surface area (Å²) in [5.74, 6) is -0.158. The monoisotopic (exact) mass is 521 g/mol. The van der Waals surface area contributed by atoms with Gasteiger partial charge in [-0.15, -0.1) is 11.3 Å². The first-order valence-electron chi connectivity index (χ1n) is 12.4. The predicted molar refractivity (Wildman–Crippen MR) is 145 cm³/mol. The fourth-order valence-corrected chi connectivity index (χ4v) is 6.42. The Bertz CT molecular complexity index is 1520. The summed E-state index contributed by atoms with van der Waals surface area (Å²) in [6.45, 7) is 2.79. The maximum atomic E-state index is 13.8. The number of amides is 1. The van der Waals surface area contributed by atoms with Crippen molar-refractivity contribution in [2.24, 2.45) is 0 Å². The van der Waals surface area contributed by atoms with Gasteiger partial charge in [0, 0.05) is 23.0 Å². The molecule has 0 spiro atoms. The molecule has 2 aromatic carbocycles. The van der Waals surface area contributed by atoms with Crippen molar-refractivity contribution in [2.45, 2.75) is 52.1 Å². The van der Waals surface area contributed by atoms with Crippen molar-refractivity contribution < 1.29 is 4.79 Å². The van der Waals surface area contributed by atoms with Crippen LogP contribution in [0.2, 0.25) is 5.02 Å². The minimum absolute atomic E-state index is 0.122. The number of nitrogens with zero attached hydrogens (tertiary/aromatic N) is 3. The Kier molecular flexibility index (Phi) is 7.12. The van der Waals surface area contributed by atoms with Crippen LogP contribution in [0.3, 0.4) is 0 Å². The average molecular weight is 522 g/mol. The van der Waals surface area contributed by atoms with Gasteiger partial charge in [-0.3, -0.25) is 14.2 Å². The molecule has 1 amide bonds. The molecule has 5 rings (SSSR count). The SMILES string of the molecule is CCN(Cc1ccccc1)C(=O)Cn1c(=O)n(-c2ccc(Cl)cc2)c(=O)c2c3c(sc21)CCCCC3. The number of hydrogen-bond donors (Lipinski definition) is 0. The summed E-state index contributed by atoms with van der Waals surface area (Å²) in [6.07, 6.45) is 4.91. The molecular weight excluding hydrogens is 494 g/mol. The first-order chi connectivity index (χ1) is 17.5. The molecule has 0 saturated heterocycles. The second-order valence-corrected chi connectivity index (χ2v) is 10.6. The minimum atomic E-state index is -0.504. The van der Waals surface area contributed by atoms with E-state index in [1.807, 2.05) is 37.3 Å². The molecule has 1 aliphatic carbocycles. The van der Waals surface area contributed by atoms with Gasteiger partial charge in [0.2, 0.25) is 5.91 Å². The first-order valence-corrected chi connectivity index (χ1v) is 13.5. The highest BCUT2D eigenvalue weighted by atomic mass is 35.5. The van der Waals surface area contributed by atoms with Crippen molar-refractivity contribution in [1.82, 2.24) is 14.0 Å². The van der Waals surface area contributed by atoms with Gasteiger partial charge in [-0.25, -0.2) is 9.36 Å². The number of hydrogen-bond acceptors (Lipinski definition) is 4. The van der Waals surface area contributed by atoms with Crippen molar-refractivity contribution in [3.8, 4) is 5.69 Å². The van der Waals surface area contributed by atoms with Gasteiger partial charge >= 0.3 is 5.69 Å². The Morgan fingerprint density at radius 1 is 1.00 bits per heavy atom. The minimum Gasteiger partial charge on any atom is -0.337 e. The quantitative estimate of drug-likeness (QED) is 0.328. The number of aromatic nitrogens is 2. The van der Waals surface area contributed by atoms with Crippen LogP contribution in [0.4, 0.5) is 0 Å². The molecule has 4 aromatic rings. The van der Waals surface area contributed by atoms with E-state index in [1.165, 1.54) is 20.5 Å². The number of fused-ring (bicyclic) bond motifs is 3. The molecule has 2 aromatic heterocycles. The molecule has 186 valence electrons. The van der Waals surface area contributed by atoms with E-state index in [4.69, 9.17) is 11.6 Å². The van der Waals surface area contributed by atoms with Crippen LogP contribution in [0.15, 0.2) is 64.2 Å². The van der Waals surface area contributed by atoms with Crippen molar-refractivity contribution >= 4 is 39.1 Å². The summed E-state index contributed by atoms with van der Waals surface area (Å²) in [7, 11) is 0. The second kappa shape index (κ2) is 10.4. The molecule has 1 aliphatic rings. The van der Waals surface area contributed by atoms with E-state index in [0.29, 0.717) is 34.0 Å². The largest absolute Gasteiger partial charge is 0.337 e. The summed E-state index contributed by atoms with van der Waals surface area (Å²) >= 11 is 7.56. The van der Waals surface area contributed by atoms with Crippen LogP contribution in [-0.2, 0) is 30.7 Å². The van der Waals surface area contributed by atoms with E-state index in [9.17, 15) is 14.4 Å².